The summed E-state index contributed by atoms with van der Waals surface area (Å²) in [5.41, 5.74) is 0. The predicted molar refractivity (Wildman–Crippen MR) is 101 cm³/mol. The zero-order valence-electron chi connectivity index (χ0n) is 17.6. The molecule has 0 spiro atoms. The molecule has 0 radical (unpaired) electrons. The summed E-state index contributed by atoms with van der Waals surface area (Å²) >= 11 is 0. The summed E-state index contributed by atoms with van der Waals surface area (Å²) in [6.45, 7) is 3.18. The third kappa shape index (κ3) is 7.29. The minimum atomic E-state index is -1.62. The number of hydrogen-bond acceptors (Lipinski definition) is 12. The highest BCUT2D eigenvalue weighted by Crippen LogP contribution is 2.25. The van der Waals surface area contributed by atoms with Crippen LogP contribution < -0.4 is 0 Å². The summed E-state index contributed by atoms with van der Waals surface area (Å²) in [4.78, 5) is 11.8. The maximum Gasteiger partial charge on any atom is 0.308 e. The molecule has 2 aliphatic rings. The van der Waals surface area contributed by atoms with Crippen molar-refractivity contribution in [2.75, 3.05) is 19.8 Å². The summed E-state index contributed by atoms with van der Waals surface area (Å²) in [7, 11) is 0. The fraction of sp³-hybridized carbons (Fsp3) is 0.947. The summed E-state index contributed by atoms with van der Waals surface area (Å²) in [5.74, 6) is -0.476. The molecule has 0 unspecified atom stereocenters. The monoisotopic (exact) mass is 454 g/mol. The second kappa shape index (κ2) is 12.3. The Labute approximate surface area is 180 Å². The Balaban J connectivity index is 1.87. The summed E-state index contributed by atoms with van der Waals surface area (Å²) < 4.78 is 26.5. The second-order valence-corrected chi connectivity index (χ2v) is 7.82. The molecule has 2 aliphatic heterocycles. The fourth-order valence-corrected chi connectivity index (χ4v) is 3.18. The molecule has 2 rings (SSSR count). The molecule has 0 amide bonds. The van der Waals surface area contributed by atoms with Crippen molar-refractivity contribution in [2.45, 2.75) is 94.5 Å². The number of aliphatic hydroxyl groups excluding tert-OH is 6. The van der Waals surface area contributed by atoms with E-state index in [0.717, 1.165) is 12.8 Å². The highest BCUT2D eigenvalue weighted by Gasteiger charge is 2.46. The molecule has 182 valence electrons. The Hall–Kier alpha value is -0.930. The number of aliphatic hydroxyl groups is 6. The van der Waals surface area contributed by atoms with E-state index in [4.69, 9.17) is 23.7 Å². The smallest absolute Gasteiger partial charge is 0.308 e. The Morgan fingerprint density at radius 1 is 1.00 bits per heavy atom. The quantitative estimate of drug-likeness (QED) is 0.149. The first kappa shape index (κ1) is 26.3. The van der Waals surface area contributed by atoms with Crippen LogP contribution in [0.2, 0.25) is 0 Å². The largest absolute Gasteiger partial charge is 0.466 e. The van der Waals surface area contributed by atoms with Gasteiger partial charge in [0.1, 0.15) is 42.7 Å². The minimum Gasteiger partial charge on any atom is -0.466 e. The van der Waals surface area contributed by atoms with Crippen molar-refractivity contribution in [3.63, 3.8) is 0 Å². The van der Waals surface area contributed by atoms with Crippen molar-refractivity contribution in [1.82, 2.24) is 0 Å². The molecule has 10 atom stereocenters. The number of carbonyl (C=O) groups is 1. The SMILES string of the molecule is CCCCOC(=O)C[C@@H](C)O[C@@H]1O[C@H](CO[C@@H]2OC[C@H](O)[C@H](O)[C@H]2O)[C@@H](O)[C@H](O)[C@H]1O. The number of unbranched alkanes of at least 4 members (excludes halogenated alkanes) is 1. The molecular weight excluding hydrogens is 420 g/mol. The lowest BCUT2D eigenvalue weighted by atomic mass is 9.99. The highest BCUT2D eigenvalue weighted by atomic mass is 16.7. The van der Waals surface area contributed by atoms with Gasteiger partial charge in [-0.3, -0.25) is 4.79 Å². The van der Waals surface area contributed by atoms with E-state index in [-0.39, 0.29) is 19.6 Å². The molecule has 0 bridgehead atoms. The zero-order chi connectivity index (χ0) is 23.1. The lowest BCUT2D eigenvalue weighted by Gasteiger charge is -2.42. The van der Waals surface area contributed by atoms with Crippen LogP contribution in [-0.2, 0) is 28.5 Å². The number of carbonyl (C=O) groups excluding carboxylic acids is 1. The normalized spacial score (nSPS) is 39.8. The van der Waals surface area contributed by atoms with Crippen LogP contribution >= 0.6 is 0 Å². The van der Waals surface area contributed by atoms with Gasteiger partial charge in [-0.15, -0.1) is 0 Å². The first-order valence-corrected chi connectivity index (χ1v) is 10.4. The number of ether oxygens (including phenoxy) is 5. The standard InChI is InChI=1S/C19H34O12/c1-3-4-5-27-12(21)6-9(2)30-19-17(26)15(24)14(23)11(31-19)8-29-18-16(25)13(22)10(20)7-28-18/h9-11,13-20,22-26H,3-8H2,1-2H3/t9-,10+,11-,13+,14-,15+,16-,17-,18+,19-/m1/s1. The molecule has 0 saturated carbocycles. The predicted octanol–water partition coefficient (Wildman–Crippen LogP) is -2.61. The van der Waals surface area contributed by atoms with E-state index >= 15 is 0 Å². The van der Waals surface area contributed by atoms with Gasteiger partial charge in [0.15, 0.2) is 12.6 Å². The van der Waals surface area contributed by atoms with E-state index in [1.807, 2.05) is 6.92 Å². The highest BCUT2D eigenvalue weighted by molar-refractivity contribution is 5.69. The summed E-state index contributed by atoms with van der Waals surface area (Å²) in [6.07, 6.45) is -12.0. The maximum atomic E-state index is 11.8. The summed E-state index contributed by atoms with van der Waals surface area (Å²) in [6, 6.07) is 0. The van der Waals surface area contributed by atoms with E-state index in [0.29, 0.717) is 6.61 Å². The first-order chi connectivity index (χ1) is 14.6. The molecule has 0 aromatic rings. The van der Waals surface area contributed by atoms with Crippen LogP contribution in [0.5, 0.6) is 0 Å². The third-order valence-corrected chi connectivity index (χ3v) is 5.13. The molecule has 2 fully saturated rings. The van der Waals surface area contributed by atoms with E-state index in [1.54, 1.807) is 6.92 Å². The van der Waals surface area contributed by atoms with Crippen LogP contribution in [0.4, 0.5) is 0 Å². The topological polar surface area (TPSA) is 185 Å². The van der Waals surface area contributed by atoms with Crippen LogP contribution in [0.1, 0.15) is 33.1 Å². The number of esters is 1. The van der Waals surface area contributed by atoms with E-state index < -0.39 is 67.4 Å². The molecule has 0 aliphatic carbocycles. The van der Waals surface area contributed by atoms with Gasteiger partial charge in [0.05, 0.1) is 32.3 Å². The molecule has 0 aromatic carbocycles. The van der Waals surface area contributed by atoms with Crippen molar-refractivity contribution < 1.29 is 59.1 Å². The lowest BCUT2D eigenvalue weighted by Crippen LogP contribution is -2.60. The first-order valence-electron chi connectivity index (χ1n) is 10.4. The van der Waals surface area contributed by atoms with Crippen LogP contribution in [0, 0.1) is 0 Å². The van der Waals surface area contributed by atoms with Gasteiger partial charge >= 0.3 is 5.97 Å². The van der Waals surface area contributed by atoms with Crippen LogP contribution in [-0.4, -0.2) is 118 Å². The molecule has 2 saturated heterocycles. The van der Waals surface area contributed by atoms with Gasteiger partial charge < -0.3 is 54.3 Å². The molecule has 12 heteroatoms. The Morgan fingerprint density at radius 2 is 1.68 bits per heavy atom. The van der Waals surface area contributed by atoms with Crippen molar-refractivity contribution in [2.24, 2.45) is 0 Å². The van der Waals surface area contributed by atoms with Gasteiger partial charge in [0, 0.05) is 0 Å². The second-order valence-electron chi connectivity index (χ2n) is 7.82. The van der Waals surface area contributed by atoms with Crippen molar-refractivity contribution in [1.29, 1.82) is 0 Å². The zero-order valence-corrected chi connectivity index (χ0v) is 17.6. The molecule has 6 N–H and O–H groups in total. The van der Waals surface area contributed by atoms with Crippen molar-refractivity contribution in [3.05, 3.63) is 0 Å². The Kier molecular flexibility index (Phi) is 10.5. The minimum absolute atomic E-state index is 0.0988. The van der Waals surface area contributed by atoms with Crippen molar-refractivity contribution >= 4 is 5.97 Å². The van der Waals surface area contributed by atoms with E-state index in [9.17, 15) is 35.4 Å². The third-order valence-electron chi connectivity index (χ3n) is 5.13. The molecule has 31 heavy (non-hydrogen) atoms. The van der Waals surface area contributed by atoms with Gasteiger partial charge in [-0.2, -0.15) is 0 Å². The van der Waals surface area contributed by atoms with Crippen LogP contribution in [0.3, 0.4) is 0 Å². The van der Waals surface area contributed by atoms with Crippen LogP contribution in [0.15, 0.2) is 0 Å². The van der Waals surface area contributed by atoms with E-state index in [1.165, 1.54) is 0 Å². The molecule has 2 heterocycles. The van der Waals surface area contributed by atoms with Gasteiger partial charge in [-0.25, -0.2) is 0 Å². The van der Waals surface area contributed by atoms with E-state index in [2.05, 4.69) is 0 Å². The molecule has 12 nitrogen and oxygen atoms in total. The average molecular weight is 454 g/mol. The Bertz CT molecular complexity index is 548. The number of rotatable bonds is 10. The van der Waals surface area contributed by atoms with Gasteiger partial charge in [-0.1, -0.05) is 13.3 Å². The van der Waals surface area contributed by atoms with Crippen LogP contribution in [0.25, 0.3) is 0 Å². The van der Waals surface area contributed by atoms with Gasteiger partial charge in [0.25, 0.3) is 0 Å². The van der Waals surface area contributed by atoms with Gasteiger partial charge in [-0.05, 0) is 13.3 Å². The Morgan fingerprint density at radius 3 is 2.35 bits per heavy atom. The molecule has 0 aromatic heterocycles. The summed E-state index contributed by atoms with van der Waals surface area (Å²) in [5, 5.41) is 59.5. The molecular formula is C19H34O12. The average Bonchev–Trinajstić information content (AvgIpc) is 2.72. The lowest BCUT2D eigenvalue weighted by molar-refractivity contribution is -0.326. The fourth-order valence-electron chi connectivity index (χ4n) is 3.18. The maximum absolute atomic E-state index is 11.8. The number of hydrogen-bond donors (Lipinski definition) is 6. The van der Waals surface area contributed by atoms with Crippen molar-refractivity contribution in [3.8, 4) is 0 Å². The van der Waals surface area contributed by atoms with Gasteiger partial charge in [0.2, 0.25) is 0 Å².